The summed E-state index contributed by atoms with van der Waals surface area (Å²) in [5.41, 5.74) is -4.49. The largest absolute Gasteiger partial charge is 0.394 e. The average molecular weight is 266 g/mol. The van der Waals surface area contributed by atoms with Crippen LogP contribution in [0, 0.1) is 0 Å². The van der Waals surface area contributed by atoms with Crippen molar-refractivity contribution in [1.29, 1.82) is 0 Å². The summed E-state index contributed by atoms with van der Waals surface area (Å²) in [4.78, 5) is 0. The highest BCUT2D eigenvalue weighted by Crippen LogP contribution is 2.39. The van der Waals surface area contributed by atoms with Crippen molar-refractivity contribution in [2.75, 3.05) is 26.4 Å². The fraction of sp³-hybridized carbons (Fsp3) is 1.00. The van der Waals surface area contributed by atoms with Crippen LogP contribution < -0.4 is 0 Å². The molecule has 0 saturated carbocycles. The first-order valence-corrected chi connectivity index (χ1v) is 5.66. The molecule has 0 aromatic heterocycles. The maximum Gasteiger partial charge on any atom is 0.150 e. The zero-order valence-electron chi connectivity index (χ0n) is 9.64. The Morgan fingerprint density at radius 2 is 1.61 bits per heavy atom. The summed E-state index contributed by atoms with van der Waals surface area (Å²) in [6, 6.07) is 0. The number of rotatable bonds is 2. The molecule has 106 valence electrons. The molecule has 2 fully saturated rings. The van der Waals surface area contributed by atoms with Crippen molar-refractivity contribution in [1.82, 2.24) is 0 Å². The van der Waals surface area contributed by atoms with Gasteiger partial charge in [-0.1, -0.05) is 0 Å². The minimum atomic E-state index is -2.27. The first-order chi connectivity index (χ1) is 8.37. The van der Waals surface area contributed by atoms with Crippen molar-refractivity contribution in [2.45, 2.75) is 35.6 Å². The third-order valence-corrected chi connectivity index (χ3v) is 3.75. The Kier molecular flexibility index (Phi) is 3.65. The molecule has 18 heavy (non-hydrogen) atoms. The summed E-state index contributed by atoms with van der Waals surface area (Å²) >= 11 is 0. The monoisotopic (exact) mass is 266 g/mol. The third-order valence-electron chi connectivity index (χ3n) is 3.75. The molecule has 8 heteroatoms. The van der Waals surface area contributed by atoms with Gasteiger partial charge >= 0.3 is 0 Å². The molecule has 0 amide bonds. The zero-order valence-corrected chi connectivity index (χ0v) is 9.64. The molecule has 8 nitrogen and oxygen atoms in total. The molecule has 0 radical (unpaired) electrons. The van der Waals surface area contributed by atoms with Gasteiger partial charge in [-0.15, -0.1) is 0 Å². The SMILES string of the molecule is OC[C@H]1OC[C@](O)([C@@]2(O)COC[C@@H](O)[C@@H]2O)[C@@H]1O. The van der Waals surface area contributed by atoms with E-state index in [1.54, 1.807) is 0 Å². The zero-order chi connectivity index (χ0) is 13.6. The second-order valence-corrected chi connectivity index (χ2v) is 4.85. The van der Waals surface area contributed by atoms with E-state index in [1.165, 1.54) is 0 Å². The molecule has 2 saturated heterocycles. The van der Waals surface area contributed by atoms with Gasteiger partial charge in [0.2, 0.25) is 0 Å². The van der Waals surface area contributed by atoms with E-state index in [0.717, 1.165) is 0 Å². The summed E-state index contributed by atoms with van der Waals surface area (Å²) in [7, 11) is 0. The lowest BCUT2D eigenvalue weighted by Gasteiger charge is -2.48. The standard InChI is InChI=1S/C10H18O8/c11-1-6-8(14)10(16,4-18-6)9(15)3-17-2-5(12)7(9)13/h5-8,11-16H,1-4H2/t5-,6-,7+,8-,9-,10-/m1/s1. The predicted molar refractivity (Wildman–Crippen MR) is 55.6 cm³/mol. The van der Waals surface area contributed by atoms with Gasteiger partial charge in [-0.2, -0.15) is 0 Å². The van der Waals surface area contributed by atoms with E-state index >= 15 is 0 Å². The number of hydrogen-bond acceptors (Lipinski definition) is 8. The molecular formula is C10H18O8. The summed E-state index contributed by atoms with van der Waals surface area (Å²) in [6.45, 7) is -1.66. The van der Waals surface area contributed by atoms with E-state index in [1.807, 2.05) is 0 Å². The Balaban J connectivity index is 2.28. The second kappa shape index (κ2) is 4.66. The fourth-order valence-corrected chi connectivity index (χ4v) is 2.46. The molecule has 2 aliphatic rings. The summed E-state index contributed by atoms with van der Waals surface area (Å²) in [5, 5.41) is 58.8. The normalized spacial score (nSPS) is 53.7. The first-order valence-electron chi connectivity index (χ1n) is 5.66. The van der Waals surface area contributed by atoms with Gasteiger partial charge in [-0.05, 0) is 0 Å². The van der Waals surface area contributed by atoms with Crippen LogP contribution in [0.4, 0.5) is 0 Å². The number of ether oxygens (including phenoxy) is 2. The molecule has 2 heterocycles. The average Bonchev–Trinajstić information content (AvgIpc) is 2.64. The van der Waals surface area contributed by atoms with Gasteiger partial charge < -0.3 is 40.1 Å². The Bertz CT molecular complexity index is 312. The second-order valence-electron chi connectivity index (χ2n) is 4.85. The van der Waals surface area contributed by atoms with Crippen LogP contribution in [0.5, 0.6) is 0 Å². The van der Waals surface area contributed by atoms with Crippen molar-refractivity contribution >= 4 is 0 Å². The van der Waals surface area contributed by atoms with E-state index in [2.05, 4.69) is 0 Å². The van der Waals surface area contributed by atoms with Gasteiger partial charge in [-0.3, -0.25) is 0 Å². The van der Waals surface area contributed by atoms with Crippen molar-refractivity contribution in [3.63, 3.8) is 0 Å². The summed E-state index contributed by atoms with van der Waals surface area (Å²) in [5.74, 6) is 0. The first kappa shape index (κ1) is 14.1. The molecule has 0 bridgehead atoms. The van der Waals surface area contributed by atoms with Gasteiger partial charge in [-0.25, -0.2) is 0 Å². The molecule has 0 aliphatic carbocycles. The molecule has 2 rings (SSSR count). The minimum absolute atomic E-state index is 0.181. The molecular weight excluding hydrogens is 248 g/mol. The molecule has 0 aromatic rings. The lowest BCUT2D eigenvalue weighted by atomic mass is 9.73. The molecule has 0 spiro atoms. The number of hydrogen-bond donors (Lipinski definition) is 6. The van der Waals surface area contributed by atoms with Crippen LogP contribution in [0.15, 0.2) is 0 Å². The topological polar surface area (TPSA) is 140 Å². The van der Waals surface area contributed by atoms with Crippen LogP contribution in [0.1, 0.15) is 0 Å². The van der Waals surface area contributed by atoms with Crippen molar-refractivity contribution < 1.29 is 40.1 Å². The van der Waals surface area contributed by atoms with E-state index in [0.29, 0.717) is 0 Å². The van der Waals surface area contributed by atoms with Crippen LogP contribution in [0.3, 0.4) is 0 Å². The molecule has 2 aliphatic heterocycles. The highest BCUT2D eigenvalue weighted by Gasteiger charge is 2.65. The number of aliphatic hydroxyl groups excluding tert-OH is 4. The maximum absolute atomic E-state index is 10.3. The van der Waals surface area contributed by atoms with Gasteiger partial charge in [0.15, 0.2) is 0 Å². The van der Waals surface area contributed by atoms with Gasteiger partial charge in [0, 0.05) is 0 Å². The van der Waals surface area contributed by atoms with Crippen LogP contribution in [0.25, 0.3) is 0 Å². The molecule has 6 atom stereocenters. The minimum Gasteiger partial charge on any atom is -0.394 e. The van der Waals surface area contributed by atoms with Gasteiger partial charge in [0.1, 0.15) is 35.6 Å². The van der Waals surface area contributed by atoms with E-state index in [4.69, 9.17) is 14.6 Å². The van der Waals surface area contributed by atoms with Crippen molar-refractivity contribution in [3.05, 3.63) is 0 Å². The van der Waals surface area contributed by atoms with E-state index in [9.17, 15) is 25.5 Å². The van der Waals surface area contributed by atoms with Crippen LogP contribution >= 0.6 is 0 Å². The number of aliphatic hydroxyl groups is 6. The highest BCUT2D eigenvalue weighted by atomic mass is 16.6. The smallest absolute Gasteiger partial charge is 0.150 e. The van der Waals surface area contributed by atoms with E-state index < -0.39 is 55.4 Å². The summed E-state index contributed by atoms with van der Waals surface area (Å²) in [6.07, 6.45) is -5.73. The Labute approximate surface area is 103 Å². The quantitative estimate of drug-likeness (QED) is 0.297. The molecule has 0 unspecified atom stereocenters. The maximum atomic E-state index is 10.3. The van der Waals surface area contributed by atoms with Crippen molar-refractivity contribution in [2.24, 2.45) is 0 Å². The van der Waals surface area contributed by atoms with Crippen LogP contribution in [-0.4, -0.2) is 92.7 Å². The van der Waals surface area contributed by atoms with E-state index in [-0.39, 0.29) is 6.61 Å². The lowest BCUT2D eigenvalue weighted by molar-refractivity contribution is -0.287. The van der Waals surface area contributed by atoms with Gasteiger partial charge in [0.05, 0.1) is 26.4 Å². The van der Waals surface area contributed by atoms with Crippen LogP contribution in [-0.2, 0) is 9.47 Å². The highest BCUT2D eigenvalue weighted by molar-refractivity contribution is 5.15. The van der Waals surface area contributed by atoms with Crippen LogP contribution in [0.2, 0.25) is 0 Å². The Hall–Kier alpha value is -0.320. The Morgan fingerprint density at radius 1 is 1.00 bits per heavy atom. The van der Waals surface area contributed by atoms with Gasteiger partial charge in [0.25, 0.3) is 0 Å². The Morgan fingerprint density at radius 3 is 2.17 bits per heavy atom. The summed E-state index contributed by atoms with van der Waals surface area (Å²) < 4.78 is 9.89. The third kappa shape index (κ3) is 1.77. The van der Waals surface area contributed by atoms with Crippen molar-refractivity contribution in [3.8, 4) is 0 Å². The molecule has 0 aromatic carbocycles. The molecule has 6 N–H and O–H groups in total. The lowest BCUT2D eigenvalue weighted by Crippen LogP contribution is -2.73. The fourth-order valence-electron chi connectivity index (χ4n) is 2.46. The predicted octanol–water partition coefficient (Wildman–Crippen LogP) is -4.05.